The molecule has 0 atom stereocenters. The fourth-order valence-electron chi connectivity index (χ4n) is 0.888. The van der Waals surface area contributed by atoms with Crippen molar-refractivity contribution in [3.05, 3.63) is 18.5 Å². The van der Waals surface area contributed by atoms with E-state index in [9.17, 15) is 0 Å². The van der Waals surface area contributed by atoms with Gasteiger partial charge in [-0.15, -0.1) is 0 Å². The average molecular weight is 122 g/mol. The molecule has 1 aliphatic heterocycles. The van der Waals surface area contributed by atoms with Crippen LogP contribution in [0.5, 0.6) is 0 Å². The van der Waals surface area contributed by atoms with Crippen molar-refractivity contribution in [3.63, 3.8) is 0 Å². The monoisotopic (exact) mass is 122 g/mol. The molecule has 2 heterocycles. The molecule has 0 aromatic carbocycles. The molecule has 1 aromatic heterocycles. The van der Waals surface area contributed by atoms with Crippen molar-refractivity contribution in [2.24, 2.45) is 0 Å². The van der Waals surface area contributed by atoms with Crippen molar-refractivity contribution in [1.29, 1.82) is 0 Å². The highest BCUT2D eigenvalue weighted by molar-refractivity contribution is 4.94. The Hall–Kier alpha value is -0.990. The fourth-order valence-corrected chi connectivity index (χ4v) is 0.888. The molecule has 3 nitrogen and oxygen atoms in total. The van der Waals surface area contributed by atoms with Gasteiger partial charge >= 0.3 is 0 Å². The van der Waals surface area contributed by atoms with Gasteiger partial charge in [-0.25, -0.2) is 0 Å². The first-order chi connectivity index (χ1) is 4.47. The first-order valence-electron chi connectivity index (χ1n) is 3.14. The van der Waals surface area contributed by atoms with Crippen LogP contribution in [-0.4, -0.2) is 23.0 Å². The summed E-state index contributed by atoms with van der Waals surface area (Å²) in [4.78, 5) is 1.84. The van der Waals surface area contributed by atoms with E-state index in [1.54, 1.807) is 0 Å². The molecule has 2 rings (SSSR count). The van der Waals surface area contributed by atoms with Gasteiger partial charge in [0.05, 0.1) is 0 Å². The van der Waals surface area contributed by atoms with Crippen LogP contribution in [0.3, 0.4) is 0 Å². The van der Waals surface area contributed by atoms with Crippen LogP contribution in [0.4, 0.5) is 0 Å². The second kappa shape index (κ2) is 1.76. The SMILES string of the molecule is [c]1ccn(N2CCC2)n1. The van der Waals surface area contributed by atoms with Gasteiger partial charge in [0.1, 0.15) is 6.20 Å². The zero-order valence-electron chi connectivity index (χ0n) is 5.12. The number of hydrogen-bond donors (Lipinski definition) is 0. The Morgan fingerprint density at radius 1 is 1.44 bits per heavy atom. The third-order valence-corrected chi connectivity index (χ3v) is 1.56. The van der Waals surface area contributed by atoms with Crippen LogP contribution < -0.4 is 5.01 Å². The molecule has 47 valence electrons. The Morgan fingerprint density at radius 2 is 2.33 bits per heavy atom. The normalized spacial score (nSPS) is 17.6. The molecule has 1 aromatic rings. The van der Waals surface area contributed by atoms with Crippen LogP contribution in [0, 0.1) is 6.20 Å². The maximum absolute atomic E-state index is 3.96. The molecule has 0 saturated carbocycles. The van der Waals surface area contributed by atoms with Gasteiger partial charge in [0.25, 0.3) is 0 Å². The summed E-state index contributed by atoms with van der Waals surface area (Å²) < 4.78 is 0. The molecule has 0 aliphatic carbocycles. The molecule has 0 spiro atoms. The molecule has 1 fully saturated rings. The van der Waals surface area contributed by atoms with Crippen LogP contribution in [0.25, 0.3) is 0 Å². The molecule has 0 N–H and O–H groups in total. The van der Waals surface area contributed by atoms with Crippen LogP contribution in [0.2, 0.25) is 0 Å². The predicted octanol–water partition coefficient (Wildman–Crippen LogP) is 0.0250. The Kier molecular flexibility index (Phi) is 0.946. The summed E-state index contributed by atoms with van der Waals surface area (Å²) in [6.45, 7) is 2.27. The summed E-state index contributed by atoms with van der Waals surface area (Å²) in [6.07, 6.45) is 5.96. The summed E-state index contributed by atoms with van der Waals surface area (Å²) in [6, 6.07) is 1.82. The highest BCUT2D eigenvalue weighted by Crippen LogP contribution is 2.02. The van der Waals surface area contributed by atoms with Gasteiger partial charge < -0.3 is 0 Å². The van der Waals surface area contributed by atoms with E-state index in [1.807, 2.05) is 17.1 Å². The second-order valence-electron chi connectivity index (χ2n) is 2.17. The smallest absolute Gasteiger partial charge is 0.115 e. The van der Waals surface area contributed by atoms with Gasteiger partial charge in [0.2, 0.25) is 0 Å². The van der Waals surface area contributed by atoms with E-state index in [2.05, 4.69) is 16.3 Å². The van der Waals surface area contributed by atoms with E-state index in [0.29, 0.717) is 0 Å². The van der Waals surface area contributed by atoms with E-state index in [1.165, 1.54) is 6.42 Å². The number of hydrogen-bond acceptors (Lipinski definition) is 2. The first kappa shape index (κ1) is 4.85. The van der Waals surface area contributed by atoms with Gasteiger partial charge in [-0.05, 0) is 12.5 Å². The lowest BCUT2D eigenvalue weighted by Crippen LogP contribution is -2.45. The maximum atomic E-state index is 3.96. The van der Waals surface area contributed by atoms with Crippen LogP contribution in [0.1, 0.15) is 6.42 Å². The minimum absolute atomic E-state index is 1.13. The standard InChI is InChI=1S/C6H8N3/c1-3-7-9(6-1)8-4-2-5-8/h1,6H,2,4-5H2. The molecule has 3 heteroatoms. The zero-order valence-corrected chi connectivity index (χ0v) is 5.12. The molecule has 0 unspecified atom stereocenters. The Labute approximate surface area is 53.9 Å². The quantitative estimate of drug-likeness (QED) is 0.523. The summed E-state index contributed by atoms with van der Waals surface area (Å²) in [5, 5.41) is 6.12. The minimum Gasteiger partial charge on any atom is -0.297 e. The largest absolute Gasteiger partial charge is 0.297 e. The summed E-state index contributed by atoms with van der Waals surface area (Å²) >= 11 is 0. The molecular formula is C6H8N3. The van der Waals surface area contributed by atoms with Crippen molar-refractivity contribution in [3.8, 4) is 0 Å². The highest BCUT2D eigenvalue weighted by Gasteiger charge is 2.12. The van der Waals surface area contributed by atoms with E-state index < -0.39 is 0 Å². The van der Waals surface area contributed by atoms with E-state index in [4.69, 9.17) is 0 Å². The highest BCUT2D eigenvalue weighted by atomic mass is 15.7. The summed E-state index contributed by atoms with van der Waals surface area (Å²) in [5.74, 6) is 0. The lowest BCUT2D eigenvalue weighted by atomic mass is 10.3. The Bertz CT molecular complexity index is 176. The second-order valence-corrected chi connectivity index (χ2v) is 2.17. The van der Waals surface area contributed by atoms with Crippen LogP contribution in [0.15, 0.2) is 12.3 Å². The van der Waals surface area contributed by atoms with Gasteiger partial charge in [-0.3, -0.25) is 5.01 Å². The molecular weight excluding hydrogens is 114 g/mol. The van der Waals surface area contributed by atoms with Gasteiger partial charge in [0, 0.05) is 19.3 Å². The van der Waals surface area contributed by atoms with Crippen molar-refractivity contribution < 1.29 is 0 Å². The van der Waals surface area contributed by atoms with E-state index in [-0.39, 0.29) is 0 Å². The van der Waals surface area contributed by atoms with Crippen LogP contribution in [-0.2, 0) is 0 Å². The number of aromatic nitrogens is 2. The van der Waals surface area contributed by atoms with Crippen molar-refractivity contribution in [2.45, 2.75) is 6.42 Å². The van der Waals surface area contributed by atoms with Crippen molar-refractivity contribution in [2.75, 3.05) is 18.1 Å². The van der Waals surface area contributed by atoms with Crippen LogP contribution >= 0.6 is 0 Å². The first-order valence-corrected chi connectivity index (χ1v) is 3.14. The Balaban J connectivity index is 2.14. The zero-order chi connectivity index (χ0) is 6.10. The molecule has 0 amide bonds. The molecule has 1 aliphatic rings. The molecule has 9 heavy (non-hydrogen) atoms. The predicted molar refractivity (Wildman–Crippen MR) is 33.6 cm³/mol. The summed E-state index contributed by atoms with van der Waals surface area (Å²) in [7, 11) is 0. The number of rotatable bonds is 1. The van der Waals surface area contributed by atoms with Gasteiger partial charge in [-0.1, -0.05) is 0 Å². The van der Waals surface area contributed by atoms with Crippen molar-refractivity contribution in [1.82, 2.24) is 9.89 Å². The average Bonchev–Trinajstić information content (AvgIpc) is 2.11. The van der Waals surface area contributed by atoms with Gasteiger partial charge in [0.15, 0.2) is 0 Å². The lowest BCUT2D eigenvalue weighted by Gasteiger charge is -2.32. The molecule has 1 radical (unpaired) electrons. The fraction of sp³-hybridized carbons (Fsp3) is 0.500. The maximum Gasteiger partial charge on any atom is 0.115 e. The summed E-state index contributed by atoms with van der Waals surface area (Å²) in [5.41, 5.74) is 0. The van der Waals surface area contributed by atoms with E-state index >= 15 is 0 Å². The molecule has 1 saturated heterocycles. The topological polar surface area (TPSA) is 21.1 Å². The van der Waals surface area contributed by atoms with Crippen molar-refractivity contribution >= 4 is 0 Å². The third-order valence-electron chi connectivity index (χ3n) is 1.56. The minimum atomic E-state index is 1.13. The van der Waals surface area contributed by atoms with Gasteiger partial charge in [-0.2, -0.15) is 9.89 Å². The lowest BCUT2D eigenvalue weighted by molar-refractivity contribution is 0.434. The third kappa shape index (κ3) is 0.686. The van der Waals surface area contributed by atoms with E-state index in [0.717, 1.165) is 13.1 Å². The Morgan fingerprint density at radius 3 is 2.78 bits per heavy atom. The number of nitrogens with zero attached hydrogens (tertiary/aromatic N) is 3. The molecule has 0 bridgehead atoms.